The van der Waals surface area contributed by atoms with Gasteiger partial charge in [-0.3, -0.25) is 0 Å². The lowest BCUT2D eigenvalue weighted by molar-refractivity contribution is 0.0932. The first-order chi connectivity index (χ1) is 10.3. The Morgan fingerprint density at radius 2 is 1.67 bits per heavy atom. The van der Waals surface area contributed by atoms with Gasteiger partial charge in [-0.05, 0) is 41.0 Å². The fraction of sp³-hybridized carbons (Fsp3) is 0.474. The van der Waals surface area contributed by atoms with Crippen LogP contribution in [0.4, 0.5) is 0 Å². The van der Waals surface area contributed by atoms with Crippen molar-refractivity contribution in [1.82, 2.24) is 0 Å². The Bertz CT molecular complexity index is 562. The van der Waals surface area contributed by atoms with E-state index in [1.54, 1.807) is 7.11 Å². The molecular weight excluding hydrogens is 260 g/mol. The van der Waals surface area contributed by atoms with Crippen molar-refractivity contribution in [2.24, 2.45) is 0 Å². The van der Waals surface area contributed by atoms with E-state index in [2.05, 4.69) is 37.3 Å². The van der Waals surface area contributed by atoms with E-state index in [9.17, 15) is 0 Å². The Hall–Kier alpha value is -1.54. The van der Waals surface area contributed by atoms with Gasteiger partial charge in [-0.15, -0.1) is 0 Å². The lowest BCUT2D eigenvalue weighted by atomic mass is 9.99. The van der Waals surface area contributed by atoms with Crippen LogP contribution in [0.15, 0.2) is 36.4 Å². The molecule has 2 aromatic rings. The molecule has 2 heteroatoms. The molecule has 21 heavy (non-hydrogen) atoms. The summed E-state index contributed by atoms with van der Waals surface area (Å²) in [6.07, 6.45) is 6.41. The highest BCUT2D eigenvalue weighted by Crippen LogP contribution is 2.28. The van der Waals surface area contributed by atoms with E-state index < -0.39 is 0 Å². The average Bonchev–Trinajstić information content (AvgIpc) is 2.54. The van der Waals surface area contributed by atoms with Crippen molar-refractivity contribution < 1.29 is 9.47 Å². The molecule has 2 rings (SSSR count). The molecule has 0 fully saturated rings. The Labute approximate surface area is 128 Å². The first kappa shape index (κ1) is 15.8. The molecule has 2 nitrogen and oxygen atoms in total. The predicted octanol–water partition coefficient (Wildman–Crippen LogP) is 5.51. The fourth-order valence-electron chi connectivity index (χ4n) is 2.75. The molecule has 0 radical (unpaired) electrons. The fourth-order valence-corrected chi connectivity index (χ4v) is 2.75. The zero-order chi connectivity index (χ0) is 15.1. The first-order valence-electron chi connectivity index (χ1n) is 7.89. The monoisotopic (exact) mass is 286 g/mol. The number of hydrogen-bond donors (Lipinski definition) is 0. The molecule has 0 N–H and O–H groups in total. The smallest absolute Gasteiger partial charge is 0.119 e. The van der Waals surface area contributed by atoms with Crippen molar-refractivity contribution >= 4 is 10.8 Å². The molecule has 0 saturated heterocycles. The van der Waals surface area contributed by atoms with Crippen molar-refractivity contribution in [1.29, 1.82) is 0 Å². The van der Waals surface area contributed by atoms with Gasteiger partial charge in [-0.25, -0.2) is 0 Å². The Kier molecular flexibility index (Phi) is 6.06. The Balaban J connectivity index is 2.12. The molecule has 1 unspecified atom stereocenters. The maximum atomic E-state index is 5.69. The zero-order valence-corrected chi connectivity index (χ0v) is 13.4. The summed E-state index contributed by atoms with van der Waals surface area (Å²) in [4.78, 5) is 0. The van der Waals surface area contributed by atoms with Gasteiger partial charge in [0.05, 0.1) is 13.2 Å². The second-order valence-electron chi connectivity index (χ2n) is 5.55. The van der Waals surface area contributed by atoms with E-state index in [0.29, 0.717) is 0 Å². The lowest BCUT2D eigenvalue weighted by Gasteiger charge is -2.16. The van der Waals surface area contributed by atoms with Crippen LogP contribution in [0.3, 0.4) is 0 Å². The van der Waals surface area contributed by atoms with Gasteiger partial charge in [0.1, 0.15) is 5.75 Å². The second-order valence-corrected chi connectivity index (χ2v) is 5.55. The largest absolute Gasteiger partial charge is 0.497 e. The molecule has 1 atom stereocenters. The van der Waals surface area contributed by atoms with E-state index in [4.69, 9.17) is 9.47 Å². The lowest BCUT2D eigenvalue weighted by Crippen LogP contribution is -2.01. The van der Waals surface area contributed by atoms with Crippen LogP contribution >= 0.6 is 0 Å². The van der Waals surface area contributed by atoms with Gasteiger partial charge in [-0.2, -0.15) is 0 Å². The van der Waals surface area contributed by atoms with Crippen molar-refractivity contribution in [3.05, 3.63) is 42.0 Å². The summed E-state index contributed by atoms with van der Waals surface area (Å²) in [6.45, 7) is 2.24. The van der Waals surface area contributed by atoms with Crippen molar-refractivity contribution in [3.8, 4) is 5.75 Å². The van der Waals surface area contributed by atoms with Gasteiger partial charge in [0.2, 0.25) is 0 Å². The molecule has 0 saturated carbocycles. The quantitative estimate of drug-likeness (QED) is 0.596. The van der Waals surface area contributed by atoms with E-state index in [0.717, 1.165) is 12.2 Å². The number of unbranched alkanes of at least 4 members (excludes halogenated alkanes) is 3. The third-order valence-corrected chi connectivity index (χ3v) is 4.05. The highest BCUT2D eigenvalue weighted by atomic mass is 16.5. The number of fused-ring (bicyclic) bond motifs is 1. The summed E-state index contributed by atoms with van der Waals surface area (Å²) in [6, 6.07) is 12.8. The van der Waals surface area contributed by atoms with Crippen LogP contribution in [0.2, 0.25) is 0 Å². The number of rotatable bonds is 8. The summed E-state index contributed by atoms with van der Waals surface area (Å²) >= 11 is 0. The molecular formula is C19H26O2. The molecule has 2 aromatic carbocycles. The zero-order valence-electron chi connectivity index (χ0n) is 13.4. The SMILES string of the molecule is CCCCCCC(OC)c1ccc2cc(OC)ccc2c1. The van der Waals surface area contributed by atoms with Gasteiger partial charge < -0.3 is 9.47 Å². The highest BCUT2D eigenvalue weighted by Gasteiger charge is 2.10. The van der Waals surface area contributed by atoms with Gasteiger partial charge in [-0.1, -0.05) is 50.8 Å². The minimum atomic E-state index is 0.202. The van der Waals surface area contributed by atoms with Crippen LogP contribution in [0, 0.1) is 0 Å². The van der Waals surface area contributed by atoms with Crippen LogP contribution < -0.4 is 4.74 Å². The molecule has 0 aromatic heterocycles. The number of methoxy groups -OCH3 is 2. The summed E-state index contributed by atoms with van der Waals surface area (Å²) in [5.41, 5.74) is 1.27. The van der Waals surface area contributed by atoms with E-state index in [-0.39, 0.29) is 6.10 Å². The van der Waals surface area contributed by atoms with Crippen LogP contribution in [0.25, 0.3) is 10.8 Å². The molecule has 0 spiro atoms. The maximum Gasteiger partial charge on any atom is 0.119 e. The minimum absolute atomic E-state index is 0.202. The topological polar surface area (TPSA) is 18.5 Å². The van der Waals surface area contributed by atoms with Crippen LogP contribution in [-0.2, 0) is 4.74 Å². The molecule has 0 aliphatic heterocycles. The number of hydrogen-bond acceptors (Lipinski definition) is 2. The van der Waals surface area contributed by atoms with Crippen LogP contribution in [0.5, 0.6) is 5.75 Å². The maximum absolute atomic E-state index is 5.69. The van der Waals surface area contributed by atoms with E-state index in [1.807, 2.05) is 13.2 Å². The van der Waals surface area contributed by atoms with E-state index >= 15 is 0 Å². The first-order valence-corrected chi connectivity index (χ1v) is 7.89. The third-order valence-electron chi connectivity index (χ3n) is 4.05. The highest BCUT2D eigenvalue weighted by molar-refractivity contribution is 5.84. The van der Waals surface area contributed by atoms with Gasteiger partial charge in [0.15, 0.2) is 0 Å². The molecule has 0 bridgehead atoms. The normalized spacial score (nSPS) is 12.5. The van der Waals surface area contributed by atoms with Crippen molar-refractivity contribution in [2.75, 3.05) is 14.2 Å². The minimum Gasteiger partial charge on any atom is -0.497 e. The summed E-state index contributed by atoms with van der Waals surface area (Å²) < 4.78 is 11.0. The van der Waals surface area contributed by atoms with Crippen LogP contribution in [0.1, 0.15) is 50.7 Å². The summed E-state index contributed by atoms with van der Waals surface area (Å²) in [7, 11) is 3.51. The van der Waals surface area contributed by atoms with E-state index in [1.165, 1.54) is 42.0 Å². The van der Waals surface area contributed by atoms with Gasteiger partial charge >= 0.3 is 0 Å². The van der Waals surface area contributed by atoms with Crippen LogP contribution in [-0.4, -0.2) is 14.2 Å². The number of benzene rings is 2. The molecule has 0 amide bonds. The molecule has 0 aliphatic rings. The number of ether oxygens (including phenoxy) is 2. The standard InChI is InChI=1S/C19H26O2/c1-4-5-6-7-8-19(21-3)17-10-9-16-14-18(20-2)12-11-15(16)13-17/h9-14,19H,4-8H2,1-3H3. The molecule has 0 aliphatic carbocycles. The Morgan fingerprint density at radius 3 is 2.38 bits per heavy atom. The van der Waals surface area contributed by atoms with Gasteiger partial charge in [0, 0.05) is 7.11 Å². The van der Waals surface area contributed by atoms with Gasteiger partial charge in [0.25, 0.3) is 0 Å². The third kappa shape index (κ3) is 4.21. The molecule has 0 heterocycles. The summed E-state index contributed by atoms with van der Waals surface area (Å²) in [5, 5.41) is 2.45. The predicted molar refractivity (Wildman–Crippen MR) is 89.0 cm³/mol. The molecule has 114 valence electrons. The Morgan fingerprint density at radius 1 is 0.905 bits per heavy atom. The van der Waals surface area contributed by atoms with Crippen molar-refractivity contribution in [2.45, 2.75) is 45.1 Å². The average molecular weight is 286 g/mol. The summed E-state index contributed by atoms with van der Waals surface area (Å²) in [5.74, 6) is 0.901. The second kappa shape index (κ2) is 8.04. The van der Waals surface area contributed by atoms with Crippen molar-refractivity contribution in [3.63, 3.8) is 0 Å².